The number of amides is 1. The maximum absolute atomic E-state index is 11.7. The summed E-state index contributed by atoms with van der Waals surface area (Å²) >= 11 is 6.41. The minimum absolute atomic E-state index is 0.113. The number of likely N-dealkylation sites (tertiary alicyclic amines) is 1. The molecule has 2 aliphatic heterocycles. The monoisotopic (exact) mass is 460 g/mol. The topological polar surface area (TPSA) is 74.2 Å². The van der Waals surface area contributed by atoms with Gasteiger partial charge in [0.1, 0.15) is 5.02 Å². The first-order chi connectivity index (χ1) is 15.6. The molecule has 176 valence electrons. The van der Waals surface area contributed by atoms with Crippen LogP contribution >= 0.6 is 11.6 Å². The van der Waals surface area contributed by atoms with Crippen LogP contribution in [-0.2, 0) is 4.79 Å². The van der Waals surface area contributed by atoms with Crippen molar-refractivity contribution in [3.63, 3.8) is 0 Å². The molecule has 2 fully saturated rings. The summed E-state index contributed by atoms with van der Waals surface area (Å²) < 4.78 is 0. The highest BCUT2D eigenvalue weighted by Gasteiger charge is 2.28. The zero-order valence-corrected chi connectivity index (χ0v) is 20.8. The average Bonchev–Trinajstić information content (AvgIpc) is 3.34. The van der Waals surface area contributed by atoms with Gasteiger partial charge in [-0.1, -0.05) is 45.4 Å². The second kappa shape index (κ2) is 13.2. The fourth-order valence-electron chi connectivity index (χ4n) is 4.02. The van der Waals surface area contributed by atoms with E-state index in [2.05, 4.69) is 26.3 Å². The number of anilines is 2. The molecule has 7 nitrogen and oxygen atoms in total. The van der Waals surface area contributed by atoms with Gasteiger partial charge in [-0.05, 0) is 31.4 Å². The molecule has 32 heavy (non-hydrogen) atoms. The Morgan fingerprint density at radius 2 is 1.88 bits per heavy atom. The van der Waals surface area contributed by atoms with E-state index in [-0.39, 0.29) is 11.9 Å². The number of aromatic nitrogens is 3. The molecule has 2 saturated heterocycles. The maximum Gasteiger partial charge on any atom is 0.224 e. The van der Waals surface area contributed by atoms with E-state index in [1.54, 1.807) is 13.1 Å². The van der Waals surface area contributed by atoms with E-state index in [4.69, 9.17) is 16.6 Å². The molecule has 2 aromatic heterocycles. The highest BCUT2D eigenvalue weighted by atomic mass is 35.5. The Balaban J connectivity index is 0.000000860. The maximum atomic E-state index is 11.7. The third-order valence-electron chi connectivity index (χ3n) is 5.52. The summed E-state index contributed by atoms with van der Waals surface area (Å²) in [5.41, 5.74) is 1.11. The first-order valence-electron chi connectivity index (χ1n) is 11.8. The van der Waals surface area contributed by atoms with Gasteiger partial charge in [-0.3, -0.25) is 9.78 Å². The van der Waals surface area contributed by atoms with Crippen molar-refractivity contribution in [3.8, 4) is 0 Å². The summed E-state index contributed by atoms with van der Waals surface area (Å²) in [6.07, 6.45) is 6.50. The second-order valence-corrected chi connectivity index (χ2v) is 7.91. The van der Waals surface area contributed by atoms with Crippen molar-refractivity contribution in [2.75, 3.05) is 36.4 Å². The van der Waals surface area contributed by atoms with E-state index < -0.39 is 0 Å². The van der Waals surface area contributed by atoms with Gasteiger partial charge < -0.3 is 15.1 Å². The van der Waals surface area contributed by atoms with Crippen molar-refractivity contribution >= 4 is 29.3 Å². The zero-order chi connectivity index (χ0) is 23.5. The fourth-order valence-corrected chi connectivity index (χ4v) is 4.24. The number of carbonyl (C=O) groups is 1. The molecule has 0 saturated carbocycles. The number of nitrogens with one attached hydrogen (secondary N) is 1. The number of rotatable bonds is 4. The molecule has 1 N–H and O–H groups in total. The molecular weight excluding hydrogens is 424 g/mol. The third-order valence-corrected chi connectivity index (χ3v) is 5.79. The highest BCUT2D eigenvalue weighted by molar-refractivity contribution is 6.32. The van der Waals surface area contributed by atoms with Gasteiger partial charge in [-0.25, -0.2) is 4.98 Å². The van der Waals surface area contributed by atoms with E-state index in [0.717, 1.165) is 50.4 Å². The van der Waals surface area contributed by atoms with Crippen molar-refractivity contribution in [1.29, 1.82) is 0 Å². The Kier molecular flexibility index (Phi) is 10.7. The lowest BCUT2D eigenvalue weighted by atomic mass is 10.0. The normalized spacial score (nSPS) is 19.9. The Hall–Kier alpha value is -2.41. The lowest BCUT2D eigenvalue weighted by molar-refractivity contribution is -0.129. The number of halogens is 1. The summed E-state index contributed by atoms with van der Waals surface area (Å²) in [5.74, 6) is 1.82. The summed E-state index contributed by atoms with van der Waals surface area (Å²) in [7, 11) is 0. The van der Waals surface area contributed by atoms with E-state index in [1.165, 1.54) is 0 Å². The van der Waals surface area contributed by atoms with Gasteiger partial charge in [0.05, 0.1) is 6.20 Å². The van der Waals surface area contributed by atoms with Gasteiger partial charge in [-0.15, -0.1) is 0 Å². The van der Waals surface area contributed by atoms with Gasteiger partial charge in [0.2, 0.25) is 11.9 Å². The first kappa shape index (κ1) is 25.8. The van der Waals surface area contributed by atoms with Crippen molar-refractivity contribution in [3.05, 3.63) is 41.3 Å². The summed E-state index contributed by atoms with van der Waals surface area (Å²) in [5, 5.41) is 3.94. The van der Waals surface area contributed by atoms with Gasteiger partial charge in [0, 0.05) is 57.0 Å². The first-order valence-corrected chi connectivity index (χ1v) is 12.2. The van der Waals surface area contributed by atoms with Gasteiger partial charge in [0.15, 0.2) is 5.82 Å². The SMILES string of the molecule is CC.CC.CC(=O)N1CCCC(Nc2ncc(Cl)c(N3CCC(c4ccccn4)C3)n2)C1. The molecule has 4 heterocycles. The highest BCUT2D eigenvalue weighted by Crippen LogP contribution is 2.32. The Bertz CT molecular complexity index is 834. The van der Waals surface area contributed by atoms with Crippen molar-refractivity contribution in [1.82, 2.24) is 19.9 Å². The number of pyridine rings is 1. The van der Waals surface area contributed by atoms with Crippen molar-refractivity contribution < 1.29 is 4.79 Å². The van der Waals surface area contributed by atoms with Crippen LogP contribution in [0.2, 0.25) is 5.02 Å². The number of carbonyl (C=O) groups excluding carboxylic acids is 1. The Morgan fingerprint density at radius 1 is 1.09 bits per heavy atom. The van der Waals surface area contributed by atoms with Gasteiger partial charge >= 0.3 is 0 Å². The van der Waals surface area contributed by atoms with Crippen LogP contribution in [-0.4, -0.2) is 58.0 Å². The van der Waals surface area contributed by atoms with E-state index in [1.807, 2.05) is 50.9 Å². The number of hydrogen-bond donors (Lipinski definition) is 1. The van der Waals surface area contributed by atoms with Crippen LogP contribution in [0.5, 0.6) is 0 Å². The average molecular weight is 461 g/mol. The van der Waals surface area contributed by atoms with Crippen molar-refractivity contribution in [2.24, 2.45) is 0 Å². The smallest absolute Gasteiger partial charge is 0.224 e. The molecule has 2 aliphatic rings. The van der Waals surface area contributed by atoms with E-state index in [0.29, 0.717) is 23.4 Å². The van der Waals surface area contributed by atoms with Crippen LogP contribution in [0.25, 0.3) is 0 Å². The number of nitrogens with zero attached hydrogens (tertiary/aromatic N) is 5. The van der Waals surface area contributed by atoms with Crippen LogP contribution in [0.1, 0.15) is 65.5 Å². The molecule has 0 bridgehead atoms. The molecule has 1 amide bonds. The molecule has 2 aromatic rings. The molecule has 0 aromatic carbocycles. The van der Waals surface area contributed by atoms with Crippen LogP contribution < -0.4 is 10.2 Å². The fraction of sp³-hybridized carbons (Fsp3) is 0.583. The van der Waals surface area contributed by atoms with Crippen LogP contribution in [0.3, 0.4) is 0 Å². The quantitative estimate of drug-likeness (QED) is 0.692. The molecule has 2 unspecified atom stereocenters. The van der Waals surface area contributed by atoms with E-state index in [9.17, 15) is 4.79 Å². The summed E-state index contributed by atoms with van der Waals surface area (Å²) in [6, 6.07) is 6.20. The summed E-state index contributed by atoms with van der Waals surface area (Å²) in [6.45, 7) is 12.9. The standard InChI is InChI=1S/C20H25ClN6O.2C2H6/c1-14(28)26-9-4-5-16(13-26)24-20-23-11-17(21)19(25-20)27-10-7-15(12-27)18-6-2-3-8-22-18;2*1-2/h2-3,6,8,11,15-16H,4-5,7,9-10,12-13H2,1H3,(H,23,24,25);2*1-2H3. The Morgan fingerprint density at radius 3 is 2.56 bits per heavy atom. The minimum Gasteiger partial charge on any atom is -0.355 e. The van der Waals surface area contributed by atoms with Crippen LogP contribution in [0.15, 0.2) is 30.6 Å². The predicted octanol–water partition coefficient (Wildman–Crippen LogP) is 4.99. The lowest BCUT2D eigenvalue weighted by Gasteiger charge is -2.32. The summed E-state index contributed by atoms with van der Waals surface area (Å²) in [4.78, 5) is 29.3. The van der Waals surface area contributed by atoms with Crippen LogP contribution in [0.4, 0.5) is 11.8 Å². The van der Waals surface area contributed by atoms with Gasteiger partial charge in [-0.2, -0.15) is 4.98 Å². The molecule has 0 radical (unpaired) electrons. The predicted molar refractivity (Wildman–Crippen MR) is 132 cm³/mol. The third kappa shape index (κ3) is 6.79. The van der Waals surface area contributed by atoms with Gasteiger partial charge in [0.25, 0.3) is 0 Å². The van der Waals surface area contributed by atoms with E-state index >= 15 is 0 Å². The molecular formula is C24H37ClN6O. The minimum atomic E-state index is 0.113. The second-order valence-electron chi connectivity index (χ2n) is 7.50. The number of piperidine rings is 1. The molecule has 0 aliphatic carbocycles. The van der Waals surface area contributed by atoms with Crippen LogP contribution in [0, 0.1) is 0 Å². The largest absolute Gasteiger partial charge is 0.355 e. The number of hydrogen-bond acceptors (Lipinski definition) is 6. The lowest BCUT2D eigenvalue weighted by Crippen LogP contribution is -2.44. The molecule has 2 atom stereocenters. The molecule has 4 rings (SSSR count). The van der Waals surface area contributed by atoms with Crippen molar-refractivity contribution in [2.45, 2.75) is 65.8 Å². The zero-order valence-electron chi connectivity index (χ0n) is 20.0. The molecule has 0 spiro atoms. The Labute approximate surface area is 197 Å². The molecule has 8 heteroatoms.